The summed E-state index contributed by atoms with van der Waals surface area (Å²) in [5.74, 6) is 0. The van der Waals surface area contributed by atoms with E-state index < -0.39 is 5.56 Å². The van der Waals surface area contributed by atoms with Crippen molar-refractivity contribution in [3.05, 3.63) is 67.5 Å². The van der Waals surface area contributed by atoms with Crippen LogP contribution in [0.4, 0.5) is 0 Å². The van der Waals surface area contributed by atoms with Gasteiger partial charge in [-0.1, -0.05) is 29.8 Å². The lowest BCUT2D eigenvalue weighted by Gasteiger charge is -2.07. The second-order valence-electron chi connectivity index (χ2n) is 5.28. The molecule has 0 spiro atoms. The maximum Gasteiger partial charge on any atom is 0.285 e. The topological polar surface area (TPSA) is 71.6 Å². The first-order chi connectivity index (χ1) is 11.5. The van der Waals surface area contributed by atoms with Crippen LogP contribution in [0, 0.1) is 25.2 Å². The van der Waals surface area contributed by atoms with Gasteiger partial charge in [-0.15, -0.1) is 11.3 Å². The maximum absolute atomic E-state index is 12.3. The number of thiazole rings is 1. The first-order valence-corrected chi connectivity index (χ1v) is 8.44. The smallest absolute Gasteiger partial charge is 0.266 e. The molecule has 120 valence electrons. The van der Waals surface area contributed by atoms with E-state index in [4.69, 9.17) is 11.6 Å². The highest BCUT2D eigenvalue weighted by atomic mass is 35.5. The van der Waals surface area contributed by atoms with Gasteiger partial charge in [0.15, 0.2) is 0 Å². The highest BCUT2D eigenvalue weighted by Gasteiger charge is 2.14. The van der Waals surface area contributed by atoms with Crippen LogP contribution in [-0.4, -0.2) is 14.8 Å². The third kappa shape index (κ3) is 2.96. The Hall–Kier alpha value is -2.49. The molecule has 2 aromatic heterocycles. The molecule has 24 heavy (non-hydrogen) atoms. The number of rotatable bonds is 3. The molecule has 0 bridgehead atoms. The van der Waals surface area contributed by atoms with E-state index in [1.807, 2.05) is 35.7 Å². The molecule has 7 heteroatoms. The lowest BCUT2D eigenvalue weighted by atomic mass is 10.1. The van der Waals surface area contributed by atoms with Crippen molar-refractivity contribution in [2.75, 3.05) is 0 Å². The molecule has 0 unspecified atom stereocenters. The summed E-state index contributed by atoms with van der Waals surface area (Å²) in [4.78, 5) is 16.9. The van der Waals surface area contributed by atoms with E-state index in [0.717, 1.165) is 10.6 Å². The zero-order valence-corrected chi connectivity index (χ0v) is 14.6. The van der Waals surface area contributed by atoms with Crippen LogP contribution in [0.2, 0.25) is 5.02 Å². The fourth-order valence-electron chi connectivity index (χ4n) is 2.30. The van der Waals surface area contributed by atoms with Crippen LogP contribution in [-0.2, 0) is 6.54 Å². The number of benzene rings is 1. The fraction of sp³-hybridized carbons (Fsp3) is 0.176. The van der Waals surface area contributed by atoms with Crippen molar-refractivity contribution >= 4 is 22.9 Å². The summed E-state index contributed by atoms with van der Waals surface area (Å²) in [5.41, 5.74) is 2.57. The Labute approximate surface area is 147 Å². The quantitative estimate of drug-likeness (QED) is 0.719. The average molecular weight is 357 g/mol. The van der Waals surface area contributed by atoms with Crippen molar-refractivity contribution in [3.8, 4) is 16.6 Å². The molecule has 0 radical (unpaired) electrons. The Morgan fingerprint density at radius 2 is 2.08 bits per heavy atom. The summed E-state index contributed by atoms with van der Waals surface area (Å²) in [7, 11) is 0. The van der Waals surface area contributed by atoms with Crippen molar-refractivity contribution in [2.45, 2.75) is 20.4 Å². The normalized spacial score (nSPS) is 10.6. The zero-order chi connectivity index (χ0) is 17.3. The summed E-state index contributed by atoms with van der Waals surface area (Å²) in [5, 5.41) is 16.7. The van der Waals surface area contributed by atoms with Crippen molar-refractivity contribution in [1.82, 2.24) is 14.8 Å². The van der Waals surface area contributed by atoms with Gasteiger partial charge in [0.05, 0.1) is 23.0 Å². The Bertz CT molecular complexity index is 1020. The number of hydrogen-bond acceptors (Lipinski definition) is 5. The highest BCUT2D eigenvalue weighted by Crippen LogP contribution is 2.30. The van der Waals surface area contributed by atoms with E-state index in [-0.39, 0.29) is 12.1 Å². The van der Waals surface area contributed by atoms with Gasteiger partial charge in [0, 0.05) is 10.9 Å². The summed E-state index contributed by atoms with van der Waals surface area (Å²) in [6, 6.07) is 9.44. The molecule has 3 rings (SSSR count). The third-order valence-electron chi connectivity index (χ3n) is 3.72. The van der Waals surface area contributed by atoms with Crippen molar-refractivity contribution in [3.63, 3.8) is 0 Å². The predicted molar refractivity (Wildman–Crippen MR) is 94.3 cm³/mol. The third-order valence-corrected chi connectivity index (χ3v) is 4.97. The summed E-state index contributed by atoms with van der Waals surface area (Å²) in [6.45, 7) is 3.73. The number of nitriles is 1. The number of aromatic nitrogens is 3. The van der Waals surface area contributed by atoms with Crippen LogP contribution in [0.1, 0.15) is 22.5 Å². The summed E-state index contributed by atoms with van der Waals surface area (Å²) >= 11 is 7.65. The van der Waals surface area contributed by atoms with Gasteiger partial charge in [0.25, 0.3) is 5.56 Å². The van der Waals surface area contributed by atoms with Crippen LogP contribution in [0.5, 0.6) is 0 Å². The predicted octanol–water partition coefficient (Wildman–Crippen LogP) is 3.56. The minimum Gasteiger partial charge on any atom is -0.266 e. The largest absolute Gasteiger partial charge is 0.285 e. The molecule has 5 nitrogen and oxygen atoms in total. The second-order valence-corrected chi connectivity index (χ2v) is 6.55. The lowest BCUT2D eigenvalue weighted by molar-refractivity contribution is 0.615. The SMILES string of the molecule is Cc1nn(Cc2csc(-c3ccccc3Cl)n2)c(=O)c(C#N)c1C. The van der Waals surface area contributed by atoms with E-state index in [2.05, 4.69) is 10.1 Å². The van der Waals surface area contributed by atoms with Crippen LogP contribution in [0.15, 0.2) is 34.4 Å². The number of hydrogen-bond donors (Lipinski definition) is 0. The van der Waals surface area contributed by atoms with E-state index >= 15 is 0 Å². The second kappa shape index (κ2) is 6.56. The Morgan fingerprint density at radius 1 is 1.33 bits per heavy atom. The van der Waals surface area contributed by atoms with Gasteiger partial charge in [-0.2, -0.15) is 10.4 Å². The molecule has 0 amide bonds. The average Bonchev–Trinajstić information content (AvgIpc) is 3.02. The van der Waals surface area contributed by atoms with Gasteiger partial charge in [-0.25, -0.2) is 9.67 Å². The minimum atomic E-state index is -0.395. The van der Waals surface area contributed by atoms with Crippen molar-refractivity contribution in [2.24, 2.45) is 0 Å². The Kier molecular flexibility index (Phi) is 4.47. The van der Waals surface area contributed by atoms with Crippen LogP contribution in [0.3, 0.4) is 0 Å². The molecule has 0 fully saturated rings. The first kappa shape index (κ1) is 16.4. The molecule has 3 aromatic rings. The molecule has 0 atom stereocenters. The van der Waals surface area contributed by atoms with Gasteiger partial charge in [-0.05, 0) is 25.5 Å². The monoisotopic (exact) mass is 356 g/mol. The molecule has 0 aliphatic carbocycles. The minimum absolute atomic E-state index is 0.129. The summed E-state index contributed by atoms with van der Waals surface area (Å²) < 4.78 is 1.28. The molecule has 0 saturated carbocycles. The van der Waals surface area contributed by atoms with E-state index in [0.29, 0.717) is 22.0 Å². The highest BCUT2D eigenvalue weighted by molar-refractivity contribution is 7.13. The van der Waals surface area contributed by atoms with Gasteiger partial charge in [0.2, 0.25) is 0 Å². The molecule has 0 aliphatic rings. The molecular weight excluding hydrogens is 344 g/mol. The van der Waals surface area contributed by atoms with E-state index in [9.17, 15) is 10.1 Å². The van der Waals surface area contributed by atoms with Gasteiger partial charge in [0.1, 0.15) is 16.6 Å². The number of aryl methyl sites for hydroxylation is 1. The molecular formula is C17H13ClN4OS. The maximum atomic E-state index is 12.3. The fourth-order valence-corrected chi connectivity index (χ4v) is 3.43. The first-order valence-electron chi connectivity index (χ1n) is 7.19. The molecule has 0 saturated heterocycles. The van der Waals surface area contributed by atoms with Crippen LogP contribution in [0.25, 0.3) is 10.6 Å². The molecule has 2 heterocycles. The summed E-state index contributed by atoms with van der Waals surface area (Å²) in [6.07, 6.45) is 0. The van der Waals surface area contributed by atoms with Gasteiger partial charge < -0.3 is 0 Å². The molecule has 1 aromatic carbocycles. The van der Waals surface area contributed by atoms with Crippen LogP contribution >= 0.6 is 22.9 Å². The Morgan fingerprint density at radius 3 is 2.79 bits per heavy atom. The Balaban J connectivity index is 1.97. The number of nitrogens with zero attached hydrogens (tertiary/aromatic N) is 4. The lowest BCUT2D eigenvalue weighted by Crippen LogP contribution is -2.28. The van der Waals surface area contributed by atoms with Crippen molar-refractivity contribution < 1.29 is 0 Å². The molecule has 0 aliphatic heterocycles. The van der Waals surface area contributed by atoms with Gasteiger partial charge >= 0.3 is 0 Å². The zero-order valence-electron chi connectivity index (χ0n) is 13.1. The van der Waals surface area contributed by atoms with Gasteiger partial charge in [-0.3, -0.25) is 4.79 Å². The molecule has 0 N–H and O–H groups in total. The number of halogens is 1. The standard InChI is InChI=1S/C17H13ClN4OS/c1-10-11(2)21-22(17(23)14(10)7-19)8-12-9-24-16(20-12)13-5-3-4-6-15(13)18/h3-6,9H,8H2,1-2H3. The van der Waals surface area contributed by atoms with Crippen LogP contribution < -0.4 is 5.56 Å². The van der Waals surface area contributed by atoms with Crippen molar-refractivity contribution in [1.29, 1.82) is 5.26 Å². The van der Waals surface area contributed by atoms with E-state index in [1.54, 1.807) is 13.8 Å². The van der Waals surface area contributed by atoms with E-state index in [1.165, 1.54) is 16.0 Å².